The number of nitrogens with zero attached hydrogens (tertiary/aromatic N) is 4. The van der Waals surface area contributed by atoms with Crippen molar-refractivity contribution in [3.63, 3.8) is 0 Å². The van der Waals surface area contributed by atoms with Gasteiger partial charge in [0.1, 0.15) is 0 Å². The van der Waals surface area contributed by atoms with Gasteiger partial charge in [-0.15, -0.1) is 10.2 Å². The number of anilines is 2. The smallest absolute Gasteiger partial charge is 0.325 e. The number of nitrogens with one attached hydrogen (secondary N) is 2. The third kappa shape index (κ3) is 4.72. The van der Waals surface area contributed by atoms with E-state index in [9.17, 15) is 9.59 Å². The molecule has 1 aliphatic carbocycles. The van der Waals surface area contributed by atoms with Gasteiger partial charge < -0.3 is 10.2 Å². The molecule has 3 amide bonds. The first-order chi connectivity index (χ1) is 14.0. The fourth-order valence-electron chi connectivity index (χ4n) is 3.55. The summed E-state index contributed by atoms with van der Waals surface area (Å²) in [7, 11) is 0. The molecule has 2 aliphatic rings. The maximum Gasteiger partial charge on any atom is 0.325 e. The van der Waals surface area contributed by atoms with Crippen LogP contribution >= 0.6 is 11.8 Å². The average Bonchev–Trinajstić information content (AvgIpc) is 3.20. The van der Waals surface area contributed by atoms with Crippen LogP contribution in [0.2, 0.25) is 0 Å². The third-order valence-electron chi connectivity index (χ3n) is 5.16. The molecule has 1 saturated carbocycles. The Morgan fingerprint density at radius 1 is 1.17 bits per heavy atom. The summed E-state index contributed by atoms with van der Waals surface area (Å²) < 4.78 is 2.17. The summed E-state index contributed by atoms with van der Waals surface area (Å²) in [5.74, 6) is 0.677. The summed E-state index contributed by atoms with van der Waals surface area (Å²) in [6, 6.07) is 5.64. The minimum absolute atomic E-state index is 0.116. The van der Waals surface area contributed by atoms with Crippen molar-refractivity contribution in [2.24, 2.45) is 0 Å². The van der Waals surface area contributed by atoms with Crippen molar-refractivity contribution in [1.29, 1.82) is 0 Å². The monoisotopic (exact) mass is 414 g/mol. The number of aryl methyl sites for hydroxylation is 2. The number of hydrogen-bond donors (Lipinski definition) is 2. The van der Waals surface area contributed by atoms with Crippen LogP contribution in [-0.2, 0) is 4.79 Å². The van der Waals surface area contributed by atoms with Crippen molar-refractivity contribution in [2.45, 2.75) is 50.7 Å². The number of hydrogen-bond acceptors (Lipinski definition) is 6. The van der Waals surface area contributed by atoms with Crippen molar-refractivity contribution in [1.82, 2.24) is 20.1 Å². The lowest BCUT2D eigenvalue weighted by molar-refractivity contribution is -0.117. The summed E-state index contributed by atoms with van der Waals surface area (Å²) in [5.41, 5.74) is 2.76. The highest BCUT2D eigenvalue weighted by molar-refractivity contribution is 7.99. The Kier molecular flexibility index (Phi) is 5.75. The fraction of sp³-hybridized carbons (Fsp3) is 0.500. The minimum atomic E-state index is -0.524. The molecule has 1 saturated heterocycles. The van der Waals surface area contributed by atoms with Gasteiger partial charge in [-0.2, -0.15) is 0 Å². The van der Waals surface area contributed by atoms with Crippen LogP contribution in [0.15, 0.2) is 23.4 Å². The molecule has 4 rings (SSSR count). The van der Waals surface area contributed by atoms with Crippen LogP contribution < -0.4 is 15.5 Å². The van der Waals surface area contributed by atoms with Crippen LogP contribution in [-0.4, -0.2) is 45.5 Å². The number of aromatic nitrogens is 3. The molecular weight excluding hydrogens is 388 g/mol. The number of urea groups is 1. The van der Waals surface area contributed by atoms with Gasteiger partial charge in [0.05, 0.1) is 5.75 Å². The Morgan fingerprint density at radius 3 is 2.62 bits per heavy atom. The van der Waals surface area contributed by atoms with Gasteiger partial charge in [0.2, 0.25) is 11.9 Å². The Bertz CT molecular complexity index is 918. The maximum atomic E-state index is 12.3. The van der Waals surface area contributed by atoms with E-state index in [1.54, 1.807) is 0 Å². The normalized spacial score (nSPS) is 16.1. The molecule has 1 aliphatic heterocycles. The van der Waals surface area contributed by atoms with Crippen molar-refractivity contribution in [2.75, 3.05) is 29.1 Å². The standard InChI is InChI=1S/C20H26N6O2S/c1-13-5-8-16(14(2)11-13)21-18(28)22-17(27)12-29-20-24-23-19(25-9-3-4-10-25)26(20)15-6-7-15/h5,8,11,15H,3-4,6-7,9-10,12H2,1-2H3,(H2,21,22,27,28). The van der Waals surface area contributed by atoms with Gasteiger partial charge in [0, 0.05) is 24.8 Å². The molecule has 0 radical (unpaired) electrons. The summed E-state index contributed by atoms with van der Waals surface area (Å²) in [6.07, 6.45) is 4.60. The summed E-state index contributed by atoms with van der Waals surface area (Å²) in [5, 5.41) is 14.6. The van der Waals surface area contributed by atoms with E-state index >= 15 is 0 Å². The van der Waals surface area contributed by atoms with Crippen LogP contribution in [0.4, 0.5) is 16.4 Å². The van der Waals surface area contributed by atoms with E-state index in [0.717, 1.165) is 48.2 Å². The Balaban J connectivity index is 1.33. The SMILES string of the molecule is Cc1ccc(NC(=O)NC(=O)CSc2nnc(N3CCCC3)n2C2CC2)c(C)c1. The number of rotatable bonds is 6. The van der Waals surface area contributed by atoms with Crippen LogP contribution in [0.25, 0.3) is 0 Å². The van der Waals surface area contributed by atoms with E-state index in [0.29, 0.717) is 11.7 Å². The molecule has 0 unspecified atom stereocenters. The maximum absolute atomic E-state index is 12.3. The van der Waals surface area contributed by atoms with Gasteiger partial charge in [-0.05, 0) is 51.2 Å². The molecule has 9 heteroatoms. The first-order valence-corrected chi connectivity index (χ1v) is 11.0. The Hall–Kier alpha value is -2.55. The summed E-state index contributed by atoms with van der Waals surface area (Å²) >= 11 is 1.33. The third-order valence-corrected chi connectivity index (χ3v) is 6.11. The van der Waals surface area contributed by atoms with Crippen molar-refractivity contribution >= 4 is 35.3 Å². The molecular formula is C20H26N6O2S. The zero-order valence-corrected chi connectivity index (χ0v) is 17.6. The molecule has 0 bridgehead atoms. The minimum Gasteiger partial charge on any atom is -0.341 e. The molecule has 1 aromatic heterocycles. The highest BCUT2D eigenvalue weighted by atomic mass is 32.2. The first kappa shape index (κ1) is 19.8. The van der Waals surface area contributed by atoms with E-state index in [4.69, 9.17) is 0 Å². The lowest BCUT2D eigenvalue weighted by Crippen LogP contribution is -2.35. The predicted molar refractivity (Wildman–Crippen MR) is 114 cm³/mol. The van der Waals surface area contributed by atoms with Gasteiger partial charge in [-0.3, -0.25) is 14.7 Å². The van der Waals surface area contributed by atoms with Crippen molar-refractivity contribution < 1.29 is 9.59 Å². The number of benzene rings is 1. The summed E-state index contributed by atoms with van der Waals surface area (Å²) in [4.78, 5) is 26.7. The average molecular weight is 415 g/mol. The van der Waals surface area contributed by atoms with Gasteiger partial charge in [0.15, 0.2) is 5.16 Å². The lowest BCUT2D eigenvalue weighted by Gasteiger charge is -2.17. The lowest BCUT2D eigenvalue weighted by atomic mass is 10.1. The highest BCUT2D eigenvalue weighted by Crippen LogP contribution is 2.41. The van der Waals surface area contributed by atoms with E-state index < -0.39 is 6.03 Å². The number of carbonyl (C=O) groups is 2. The first-order valence-electron chi connectivity index (χ1n) is 10.0. The second-order valence-corrected chi connectivity index (χ2v) is 8.63. The predicted octanol–water partition coefficient (Wildman–Crippen LogP) is 3.27. The molecule has 1 aromatic carbocycles. The van der Waals surface area contributed by atoms with E-state index in [-0.39, 0.29) is 11.7 Å². The number of imide groups is 1. The molecule has 2 N–H and O–H groups in total. The van der Waals surface area contributed by atoms with E-state index in [1.807, 2.05) is 32.0 Å². The van der Waals surface area contributed by atoms with Crippen LogP contribution in [0.1, 0.15) is 42.9 Å². The number of thioether (sulfide) groups is 1. The van der Waals surface area contributed by atoms with Crippen LogP contribution in [0.3, 0.4) is 0 Å². The van der Waals surface area contributed by atoms with Crippen molar-refractivity contribution in [3.8, 4) is 0 Å². The molecule has 0 atom stereocenters. The molecule has 154 valence electrons. The van der Waals surface area contributed by atoms with E-state index in [2.05, 4.69) is 30.3 Å². The van der Waals surface area contributed by atoms with Crippen LogP contribution in [0.5, 0.6) is 0 Å². The second-order valence-electron chi connectivity index (χ2n) is 7.69. The molecule has 29 heavy (non-hydrogen) atoms. The zero-order valence-electron chi connectivity index (χ0n) is 16.8. The zero-order chi connectivity index (χ0) is 20.4. The number of carbonyl (C=O) groups excluding carboxylic acids is 2. The molecule has 2 aromatic rings. The highest BCUT2D eigenvalue weighted by Gasteiger charge is 2.32. The van der Waals surface area contributed by atoms with Gasteiger partial charge in [-0.25, -0.2) is 4.79 Å². The summed E-state index contributed by atoms with van der Waals surface area (Å²) in [6.45, 7) is 5.93. The van der Waals surface area contributed by atoms with Crippen LogP contribution in [0, 0.1) is 13.8 Å². The molecule has 0 spiro atoms. The van der Waals surface area contributed by atoms with Crippen molar-refractivity contribution in [3.05, 3.63) is 29.3 Å². The van der Waals surface area contributed by atoms with E-state index in [1.165, 1.54) is 24.6 Å². The second kappa shape index (κ2) is 8.44. The van der Waals surface area contributed by atoms with Gasteiger partial charge in [-0.1, -0.05) is 29.5 Å². The largest absolute Gasteiger partial charge is 0.341 e. The quantitative estimate of drug-likeness (QED) is 0.705. The molecule has 2 fully saturated rings. The van der Waals surface area contributed by atoms with Gasteiger partial charge in [0.25, 0.3) is 0 Å². The fourth-order valence-corrected chi connectivity index (χ4v) is 4.35. The number of amides is 3. The van der Waals surface area contributed by atoms with Gasteiger partial charge >= 0.3 is 6.03 Å². The topological polar surface area (TPSA) is 92.2 Å². The Morgan fingerprint density at radius 2 is 1.93 bits per heavy atom. The molecule has 8 nitrogen and oxygen atoms in total. The molecule has 2 heterocycles. The Labute approximate surface area is 174 Å².